The molecule has 1 aromatic heterocycles. The second-order valence-corrected chi connectivity index (χ2v) is 8.82. The summed E-state index contributed by atoms with van der Waals surface area (Å²) >= 11 is 1.36. The van der Waals surface area contributed by atoms with Gasteiger partial charge in [0.15, 0.2) is 5.13 Å². The summed E-state index contributed by atoms with van der Waals surface area (Å²) in [5.41, 5.74) is 14.4. The van der Waals surface area contributed by atoms with E-state index in [1.165, 1.54) is 11.3 Å². The first kappa shape index (κ1) is 21.2. The third-order valence-electron chi connectivity index (χ3n) is 4.74. The van der Waals surface area contributed by atoms with Crippen molar-refractivity contribution in [3.05, 3.63) is 59.7 Å². The molecule has 0 saturated heterocycles. The lowest BCUT2D eigenvalue weighted by molar-refractivity contribution is 0.0545. The second kappa shape index (κ2) is 9.35. The largest absolute Gasteiger partial charge is 0.390 e. The smallest absolute Gasteiger partial charge is 0.254 e. The second-order valence-electron chi connectivity index (χ2n) is 7.76. The number of aliphatic hydroxyl groups is 1. The van der Waals surface area contributed by atoms with Crippen molar-refractivity contribution in [1.29, 1.82) is 0 Å². The molecular formula is C22H28N4O2S. The van der Waals surface area contributed by atoms with Gasteiger partial charge >= 0.3 is 0 Å². The molecule has 0 bridgehead atoms. The van der Waals surface area contributed by atoms with Gasteiger partial charge in [0.1, 0.15) is 0 Å². The van der Waals surface area contributed by atoms with E-state index in [9.17, 15) is 9.90 Å². The topological polar surface area (TPSA) is 105 Å². The minimum atomic E-state index is -0.819. The lowest BCUT2D eigenvalue weighted by Crippen LogP contribution is -2.47. The van der Waals surface area contributed by atoms with E-state index in [1.807, 2.05) is 50.2 Å². The predicted molar refractivity (Wildman–Crippen MR) is 119 cm³/mol. The average Bonchev–Trinajstić information content (AvgIpc) is 3.06. The monoisotopic (exact) mass is 412 g/mol. The molecule has 0 unspecified atom stereocenters. The number of fused-ring (bicyclic) bond motifs is 1. The maximum atomic E-state index is 13.2. The lowest BCUT2D eigenvalue weighted by atomic mass is 10.0. The Balaban J connectivity index is 1.74. The summed E-state index contributed by atoms with van der Waals surface area (Å²) < 4.78 is 0.874. The van der Waals surface area contributed by atoms with E-state index in [2.05, 4.69) is 4.98 Å². The molecule has 1 amide bonds. The number of anilines is 1. The minimum absolute atomic E-state index is 0.126. The third-order valence-corrected chi connectivity index (χ3v) is 5.59. The number of nitrogen functional groups attached to an aromatic ring is 1. The van der Waals surface area contributed by atoms with Gasteiger partial charge in [-0.15, -0.1) is 0 Å². The molecule has 0 aliphatic rings. The number of aromatic nitrogens is 1. The van der Waals surface area contributed by atoms with Gasteiger partial charge in [-0.05, 0) is 36.1 Å². The Morgan fingerprint density at radius 1 is 1.17 bits per heavy atom. The highest BCUT2D eigenvalue weighted by molar-refractivity contribution is 7.22. The fourth-order valence-corrected chi connectivity index (χ4v) is 4.10. The van der Waals surface area contributed by atoms with Gasteiger partial charge in [0, 0.05) is 24.7 Å². The van der Waals surface area contributed by atoms with Crippen LogP contribution in [0.15, 0.2) is 48.5 Å². The maximum absolute atomic E-state index is 13.2. The summed E-state index contributed by atoms with van der Waals surface area (Å²) in [7, 11) is 0. The van der Waals surface area contributed by atoms with Crippen molar-refractivity contribution in [2.75, 3.05) is 18.8 Å². The number of hydrogen-bond acceptors (Lipinski definition) is 6. The molecule has 0 saturated carbocycles. The number of carbonyl (C=O) groups is 1. The summed E-state index contributed by atoms with van der Waals surface area (Å²) in [5, 5.41) is 11.2. The SMILES string of the molecule is CC(C)CN(C[C@@H](O)[C@@H](N)Cc1ccccc1)C(=O)c1ccc2nc(N)sc2c1. The average molecular weight is 413 g/mol. The number of hydrogen-bond donors (Lipinski definition) is 3. The van der Waals surface area contributed by atoms with Crippen molar-refractivity contribution in [3.63, 3.8) is 0 Å². The van der Waals surface area contributed by atoms with Crippen LogP contribution in [0.25, 0.3) is 10.2 Å². The Morgan fingerprint density at radius 3 is 2.59 bits per heavy atom. The van der Waals surface area contributed by atoms with Crippen LogP contribution in [-0.4, -0.2) is 46.1 Å². The molecule has 3 aromatic rings. The molecule has 5 N–H and O–H groups in total. The number of carbonyl (C=O) groups excluding carboxylic acids is 1. The Bertz CT molecular complexity index is 958. The van der Waals surface area contributed by atoms with Crippen LogP contribution in [0.2, 0.25) is 0 Å². The minimum Gasteiger partial charge on any atom is -0.390 e. The Labute approximate surface area is 175 Å². The molecule has 0 aliphatic carbocycles. The van der Waals surface area contributed by atoms with Crippen molar-refractivity contribution in [3.8, 4) is 0 Å². The van der Waals surface area contributed by atoms with E-state index >= 15 is 0 Å². The normalized spacial score (nSPS) is 13.6. The summed E-state index contributed by atoms with van der Waals surface area (Å²) in [6.45, 7) is 4.82. The van der Waals surface area contributed by atoms with E-state index < -0.39 is 12.1 Å². The summed E-state index contributed by atoms with van der Waals surface area (Å²) in [6, 6.07) is 14.7. The molecule has 0 radical (unpaired) electrons. The molecule has 0 aliphatic heterocycles. The van der Waals surface area contributed by atoms with Crippen molar-refractivity contribution >= 4 is 32.6 Å². The highest BCUT2D eigenvalue weighted by Gasteiger charge is 2.24. The predicted octanol–water partition coefficient (Wildman–Crippen LogP) is 2.91. The van der Waals surface area contributed by atoms with Crippen molar-refractivity contribution in [1.82, 2.24) is 9.88 Å². The van der Waals surface area contributed by atoms with Gasteiger partial charge in [0.25, 0.3) is 5.91 Å². The highest BCUT2D eigenvalue weighted by Crippen LogP contribution is 2.25. The number of rotatable bonds is 8. The van der Waals surface area contributed by atoms with Crippen molar-refractivity contribution in [2.45, 2.75) is 32.4 Å². The van der Waals surface area contributed by atoms with Crippen LogP contribution in [0.4, 0.5) is 5.13 Å². The fraction of sp³-hybridized carbons (Fsp3) is 0.364. The van der Waals surface area contributed by atoms with E-state index in [1.54, 1.807) is 17.0 Å². The molecular weight excluding hydrogens is 384 g/mol. The van der Waals surface area contributed by atoms with E-state index in [0.29, 0.717) is 23.7 Å². The molecule has 6 nitrogen and oxygen atoms in total. The van der Waals surface area contributed by atoms with Crippen LogP contribution in [0, 0.1) is 5.92 Å². The van der Waals surface area contributed by atoms with Crippen LogP contribution in [0.5, 0.6) is 0 Å². The van der Waals surface area contributed by atoms with E-state index in [-0.39, 0.29) is 18.4 Å². The molecule has 29 heavy (non-hydrogen) atoms. The standard InChI is InChI=1S/C22H28N4O2S/c1-14(2)12-26(13-19(27)17(23)10-15-6-4-3-5-7-15)21(28)16-8-9-18-20(11-16)29-22(24)25-18/h3-9,11,14,17,19,27H,10,12-13,23H2,1-2H3,(H2,24,25)/t17-,19+/m0/s1. The maximum Gasteiger partial charge on any atom is 0.254 e. The molecule has 1 heterocycles. The van der Waals surface area contributed by atoms with Crippen LogP contribution in [0.3, 0.4) is 0 Å². The number of nitrogens with zero attached hydrogens (tertiary/aromatic N) is 2. The number of thiazole rings is 1. The molecule has 0 spiro atoms. The van der Waals surface area contributed by atoms with E-state index in [0.717, 1.165) is 15.8 Å². The van der Waals surface area contributed by atoms with Gasteiger partial charge in [-0.2, -0.15) is 0 Å². The number of aliphatic hydroxyl groups excluding tert-OH is 1. The number of benzene rings is 2. The van der Waals surface area contributed by atoms with Crippen LogP contribution < -0.4 is 11.5 Å². The third kappa shape index (κ3) is 5.53. The first-order valence-electron chi connectivity index (χ1n) is 9.76. The van der Waals surface area contributed by atoms with Gasteiger partial charge in [-0.3, -0.25) is 4.79 Å². The summed E-state index contributed by atoms with van der Waals surface area (Å²) in [4.78, 5) is 19.1. The van der Waals surface area contributed by atoms with Gasteiger partial charge in [0.05, 0.1) is 16.3 Å². The van der Waals surface area contributed by atoms with Crippen molar-refractivity contribution in [2.24, 2.45) is 11.7 Å². The first-order valence-corrected chi connectivity index (χ1v) is 10.6. The summed E-state index contributed by atoms with van der Waals surface area (Å²) in [6.07, 6.45) is -0.265. The zero-order valence-corrected chi connectivity index (χ0v) is 17.6. The van der Waals surface area contributed by atoms with Gasteiger partial charge < -0.3 is 21.5 Å². The molecule has 2 aromatic carbocycles. The zero-order valence-electron chi connectivity index (χ0n) is 16.8. The molecule has 7 heteroatoms. The fourth-order valence-electron chi connectivity index (χ4n) is 3.32. The number of nitrogens with two attached hydrogens (primary N) is 2. The quantitative estimate of drug-likeness (QED) is 0.527. The molecule has 2 atom stereocenters. The van der Waals surface area contributed by atoms with Gasteiger partial charge in [0.2, 0.25) is 0 Å². The molecule has 0 fully saturated rings. The Kier molecular flexibility index (Phi) is 6.84. The van der Waals surface area contributed by atoms with Crippen molar-refractivity contribution < 1.29 is 9.90 Å². The highest BCUT2D eigenvalue weighted by atomic mass is 32.1. The molecule has 3 rings (SSSR count). The molecule has 154 valence electrons. The van der Waals surface area contributed by atoms with Crippen LogP contribution in [0.1, 0.15) is 29.8 Å². The summed E-state index contributed by atoms with van der Waals surface area (Å²) in [5.74, 6) is 0.137. The van der Waals surface area contributed by atoms with Crippen LogP contribution >= 0.6 is 11.3 Å². The first-order chi connectivity index (χ1) is 13.8. The Hall–Kier alpha value is -2.48. The van der Waals surface area contributed by atoms with E-state index in [4.69, 9.17) is 11.5 Å². The van der Waals surface area contributed by atoms with Gasteiger partial charge in [-0.1, -0.05) is 55.5 Å². The lowest BCUT2D eigenvalue weighted by Gasteiger charge is -2.29. The van der Waals surface area contributed by atoms with Crippen LogP contribution in [-0.2, 0) is 6.42 Å². The van der Waals surface area contributed by atoms with Gasteiger partial charge in [-0.25, -0.2) is 4.98 Å². The Morgan fingerprint density at radius 2 is 1.90 bits per heavy atom. The zero-order chi connectivity index (χ0) is 21.0. The number of amides is 1.